The van der Waals surface area contributed by atoms with Crippen LogP contribution in [0, 0.1) is 12.8 Å². The van der Waals surface area contributed by atoms with Gasteiger partial charge in [-0.15, -0.1) is 0 Å². The molecule has 1 aliphatic heterocycles. The van der Waals surface area contributed by atoms with Crippen LogP contribution in [-0.2, 0) is 50.4 Å². The maximum Gasteiger partial charge on any atom is 0.242 e. The van der Waals surface area contributed by atoms with E-state index >= 15 is 0 Å². The number of nitrogens with zero attached hydrogens (tertiary/aromatic N) is 1. The average molecular weight is 810 g/mol. The van der Waals surface area contributed by atoms with E-state index < -0.39 is 28.3 Å². The molecule has 1 saturated heterocycles. The van der Waals surface area contributed by atoms with E-state index in [1.807, 2.05) is 91.9 Å². The van der Waals surface area contributed by atoms with Crippen molar-refractivity contribution in [3.05, 3.63) is 203 Å². The van der Waals surface area contributed by atoms with Crippen LogP contribution in [0.2, 0.25) is 0 Å². The number of hydrogen-bond donors (Lipinski definition) is 3. The van der Waals surface area contributed by atoms with Crippen molar-refractivity contribution in [3.8, 4) is 0 Å². The second kappa shape index (κ2) is 19.5. The van der Waals surface area contributed by atoms with Crippen LogP contribution >= 0.6 is 0 Å². The maximum atomic E-state index is 14.0. The smallest absolute Gasteiger partial charge is 0.242 e. The molecule has 304 valence electrons. The Hall–Kier alpha value is -5.46. The number of carbonyl (C=O) groups excluding carboxylic acids is 1. The fourth-order valence-electron chi connectivity index (χ4n) is 7.45. The fourth-order valence-corrected chi connectivity index (χ4v) is 8.65. The first-order valence-electron chi connectivity index (χ1n) is 20.0. The molecule has 1 amide bonds. The zero-order chi connectivity index (χ0) is 41.2. The van der Waals surface area contributed by atoms with Crippen LogP contribution in [-0.4, -0.2) is 43.0 Å². The number of rotatable bonds is 16. The van der Waals surface area contributed by atoms with Gasteiger partial charge in [0, 0.05) is 36.8 Å². The number of amides is 1. The number of benzene rings is 6. The molecule has 5 unspecified atom stereocenters. The predicted octanol–water partition coefficient (Wildman–Crippen LogP) is 8.51. The number of nitrogens with one attached hydrogen (secondary N) is 2. The van der Waals surface area contributed by atoms with Crippen molar-refractivity contribution in [2.24, 2.45) is 5.92 Å². The second-order valence-electron chi connectivity index (χ2n) is 15.3. The van der Waals surface area contributed by atoms with Crippen molar-refractivity contribution in [1.82, 2.24) is 9.62 Å². The van der Waals surface area contributed by atoms with Crippen molar-refractivity contribution < 1.29 is 27.8 Å². The van der Waals surface area contributed by atoms with Crippen LogP contribution in [0.15, 0.2) is 169 Å². The van der Waals surface area contributed by atoms with E-state index in [1.54, 1.807) is 18.2 Å². The van der Waals surface area contributed by atoms with Gasteiger partial charge >= 0.3 is 0 Å². The minimum Gasteiger partial charge on any atom is -0.392 e. The van der Waals surface area contributed by atoms with Gasteiger partial charge in [0.1, 0.15) is 6.04 Å². The Labute approximate surface area is 347 Å². The quantitative estimate of drug-likeness (QED) is 0.0898. The highest BCUT2D eigenvalue weighted by molar-refractivity contribution is 7.89. The predicted molar refractivity (Wildman–Crippen MR) is 230 cm³/mol. The molecule has 1 heterocycles. The molecular formula is C49H51N3O6S. The summed E-state index contributed by atoms with van der Waals surface area (Å²) in [6, 6.07) is 50.7. The lowest BCUT2D eigenvalue weighted by Gasteiger charge is -2.43. The summed E-state index contributed by atoms with van der Waals surface area (Å²) in [5.41, 5.74) is 7.10. The van der Waals surface area contributed by atoms with E-state index in [-0.39, 0.29) is 36.0 Å². The lowest BCUT2D eigenvalue weighted by Crippen LogP contribution is -2.45. The monoisotopic (exact) mass is 809 g/mol. The Morgan fingerprint density at radius 1 is 0.695 bits per heavy atom. The SMILES string of the molecule is Cc1ccc(S(=O)(=O)NC(Cc2ccccc2)C(=O)Nc2cccc(C3OC(CN(Cc4ccccc4)Cc4ccccc4)C(C)C(c4ccc(CO)cc4)O3)c2)cc1. The van der Waals surface area contributed by atoms with Gasteiger partial charge in [-0.05, 0) is 65.4 Å². The maximum absolute atomic E-state index is 14.0. The molecule has 0 bridgehead atoms. The zero-order valence-electron chi connectivity index (χ0n) is 33.4. The number of hydrogen-bond acceptors (Lipinski definition) is 7. The van der Waals surface area contributed by atoms with Crippen LogP contribution in [0.25, 0.3) is 0 Å². The molecule has 5 atom stereocenters. The van der Waals surface area contributed by atoms with Gasteiger partial charge < -0.3 is 19.9 Å². The van der Waals surface area contributed by atoms with E-state index in [4.69, 9.17) is 9.47 Å². The standard InChI is InChI=1S/C49H51N3O6S/c1-35-21-27-44(28-22-35)59(55,56)51-45(29-37-13-6-3-7-14-37)48(54)50-43-20-12-19-42(30-43)49-57-46(36(2)47(58-49)41-25-23-40(34-53)24-26-41)33-52(31-38-15-8-4-9-16-38)32-39-17-10-5-11-18-39/h3-28,30,36,45-47,49,51,53H,29,31-34H2,1-2H3,(H,50,54). The average Bonchev–Trinajstić information content (AvgIpc) is 3.25. The molecule has 0 spiro atoms. The summed E-state index contributed by atoms with van der Waals surface area (Å²) in [7, 11) is -4.03. The molecule has 0 radical (unpaired) electrons. The molecule has 0 aliphatic carbocycles. The summed E-state index contributed by atoms with van der Waals surface area (Å²) in [5.74, 6) is -0.554. The highest BCUT2D eigenvalue weighted by Crippen LogP contribution is 2.42. The van der Waals surface area contributed by atoms with Gasteiger partial charge in [-0.3, -0.25) is 9.69 Å². The summed E-state index contributed by atoms with van der Waals surface area (Å²) < 4.78 is 43.4. The molecule has 9 nitrogen and oxygen atoms in total. The van der Waals surface area contributed by atoms with Crippen LogP contribution in [0.3, 0.4) is 0 Å². The van der Waals surface area contributed by atoms with Crippen LogP contribution in [0.4, 0.5) is 5.69 Å². The Morgan fingerprint density at radius 2 is 1.29 bits per heavy atom. The first-order chi connectivity index (χ1) is 28.6. The highest BCUT2D eigenvalue weighted by atomic mass is 32.2. The molecule has 10 heteroatoms. The van der Waals surface area contributed by atoms with Crippen molar-refractivity contribution in [2.45, 2.75) is 69.4 Å². The first-order valence-corrected chi connectivity index (χ1v) is 21.5. The molecule has 7 rings (SSSR count). The number of aliphatic hydroxyl groups is 1. The van der Waals surface area contributed by atoms with E-state index in [0.717, 1.165) is 35.3 Å². The van der Waals surface area contributed by atoms with Crippen LogP contribution in [0.5, 0.6) is 0 Å². The van der Waals surface area contributed by atoms with Gasteiger partial charge in [-0.2, -0.15) is 4.72 Å². The normalized spacial score (nSPS) is 18.6. The van der Waals surface area contributed by atoms with Crippen LogP contribution in [0.1, 0.15) is 58.3 Å². The molecule has 6 aromatic rings. The van der Waals surface area contributed by atoms with Crippen molar-refractivity contribution in [1.29, 1.82) is 0 Å². The third-order valence-corrected chi connectivity index (χ3v) is 12.2. The third kappa shape index (κ3) is 11.2. The molecule has 0 saturated carbocycles. The molecular weight excluding hydrogens is 759 g/mol. The molecule has 0 aromatic heterocycles. The Kier molecular flexibility index (Phi) is 13.8. The second-order valence-corrected chi connectivity index (χ2v) is 17.0. The van der Waals surface area contributed by atoms with Crippen LogP contribution < -0.4 is 10.0 Å². The number of anilines is 1. The Bertz CT molecular complexity index is 2320. The Morgan fingerprint density at radius 3 is 1.88 bits per heavy atom. The van der Waals surface area contributed by atoms with Crippen molar-refractivity contribution >= 4 is 21.6 Å². The lowest BCUT2D eigenvalue weighted by atomic mass is 9.89. The molecule has 3 N–H and O–H groups in total. The Balaban J connectivity index is 1.15. The van der Waals surface area contributed by atoms with Crippen molar-refractivity contribution in [2.75, 3.05) is 11.9 Å². The van der Waals surface area contributed by atoms with Gasteiger partial charge in [-0.1, -0.05) is 152 Å². The number of aryl methyl sites for hydroxylation is 1. The number of aliphatic hydroxyl groups excluding tert-OH is 1. The summed E-state index contributed by atoms with van der Waals surface area (Å²) in [6.07, 6.45) is -1.24. The molecule has 6 aromatic carbocycles. The summed E-state index contributed by atoms with van der Waals surface area (Å²) in [4.78, 5) is 16.5. The number of ether oxygens (including phenoxy) is 2. The molecule has 1 aliphatic rings. The minimum atomic E-state index is -4.03. The fraction of sp³-hybridized carbons (Fsp3) is 0.245. The first kappa shape index (κ1) is 41.7. The van der Waals surface area contributed by atoms with Gasteiger partial charge in [0.25, 0.3) is 0 Å². The van der Waals surface area contributed by atoms with Gasteiger partial charge in [0.2, 0.25) is 15.9 Å². The molecule has 59 heavy (non-hydrogen) atoms. The van der Waals surface area contributed by atoms with Crippen molar-refractivity contribution in [3.63, 3.8) is 0 Å². The topological polar surface area (TPSA) is 117 Å². The van der Waals surface area contributed by atoms with E-state index in [9.17, 15) is 18.3 Å². The number of carbonyl (C=O) groups is 1. The number of sulfonamides is 1. The highest BCUT2D eigenvalue weighted by Gasteiger charge is 2.39. The largest absolute Gasteiger partial charge is 0.392 e. The van der Waals surface area contributed by atoms with Gasteiger partial charge in [0.15, 0.2) is 6.29 Å². The van der Waals surface area contributed by atoms with E-state index in [1.165, 1.54) is 23.3 Å². The van der Waals surface area contributed by atoms with Gasteiger partial charge in [0.05, 0.1) is 23.7 Å². The van der Waals surface area contributed by atoms with E-state index in [0.29, 0.717) is 17.8 Å². The minimum absolute atomic E-state index is 0.0524. The lowest BCUT2D eigenvalue weighted by molar-refractivity contribution is -0.276. The summed E-state index contributed by atoms with van der Waals surface area (Å²) in [6.45, 7) is 6.05. The summed E-state index contributed by atoms with van der Waals surface area (Å²) in [5, 5.41) is 12.7. The van der Waals surface area contributed by atoms with E-state index in [2.05, 4.69) is 70.4 Å². The van der Waals surface area contributed by atoms with Gasteiger partial charge in [-0.25, -0.2) is 8.42 Å². The third-order valence-electron chi connectivity index (χ3n) is 10.7. The zero-order valence-corrected chi connectivity index (χ0v) is 34.2. The summed E-state index contributed by atoms with van der Waals surface area (Å²) >= 11 is 0. The molecule has 1 fully saturated rings.